The zero-order valence-corrected chi connectivity index (χ0v) is 16.3. The first kappa shape index (κ1) is 17.9. The first-order valence-electron chi connectivity index (χ1n) is 9.96. The molecule has 5 rings (SSSR count). The number of hydroxylamine groups is 4. The normalized spacial score (nSPS) is 33.9. The van der Waals surface area contributed by atoms with E-state index >= 15 is 0 Å². The minimum absolute atomic E-state index is 0.0379. The van der Waals surface area contributed by atoms with Crippen LogP contribution in [0, 0.1) is 0 Å². The Bertz CT molecular complexity index is 741. The Balaban J connectivity index is 1.26. The average Bonchev–Trinajstić information content (AvgIpc) is 3.68. The van der Waals surface area contributed by atoms with Gasteiger partial charge in [0.2, 0.25) is 0 Å². The molecule has 0 aromatic heterocycles. The fourth-order valence-electron chi connectivity index (χ4n) is 4.32. The molecule has 2 aromatic carbocycles. The summed E-state index contributed by atoms with van der Waals surface area (Å²) >= 11 is 0. The van der Waals surface area contributed by atoms with E-state index in [0.29, 0.717) is 12.1 Å². The topological polar surface area (TPSA) is 49.5 Å². The third-order valence-electron chi connectivity index (χ3n) is 5.96. The maximum absolute atomic E-state index is 5.99. The fraction of sp³-hybridized carbons (Fsp3) is 0.455. The van der Waals surface area contributed by atoms with Crippen molar-refractivity contribution in [3.05, 3.63) is 59.7 Å². The third-order valence-corrected chi connectivity index (χ3v) is 5.96. The molecular formula is C22H26N2O4. The molecular weight excluding hydrogens is 356 g/mol. The molecule has 1 aliphatic carbocycles. The van der Waals surface area contributed by atoms with Crippen LogP contribution in [0.4, 0.5) is 0 Å². The molecule has 6 heteroatoms. The number of rotatable bonds is 6. The number of ether oxygens (including phenoxy) is 2. The van der Waals surface area contributed by atoms with E-state index in [2.05, 4.69) is 34.4 Å². The fourth-order valence-corrected chi connectivity index (χ4v) is 4.32. The highest BCUT2D eigenvalue weighted by molar-refractivity contribution is 5.30. The Labute approximate surface area is 165 Å². The number of hydrogen-bond donors (Lipinski definition) is 0. The molecule has 3 aliphatic rings. The SMILES string of the molecule is COc1ccc(C2ON2C2CCCCC2[N@@]2OC2c2ccc(OC)cc2)cc1. The van der Waals surface area contributed by atoms with E-state index in [1.165, 1.54) is 24.0 Å². The highest BCUT2D eigenvalue weighted by Crippen LogP contribution is 2.49. The summed E-state index contributed by atoms with van der Waals surface area (Å²) in [6.07, 6.45) is 4.81. The Hall–Kier alpha value is -2.12. The van der Waals surface area contributed by atoms with Gasteiger partial charge in [0.25, 0.3) is 0 Å². The molecule has 2 heterocycles. The van der Waals surface area contributed by atoms with Crippen LogP contribution in [-0.4, -0.2) is 36.4 Å². The minimum atomic E-state index is 0.0379. The summed E-state index contributed by atoms with van der Waals surface area (Å²) in [6, 6.07) is 17.0. The highest BCUT2D eigenvalue weighted by Gasteiger charge is 2.54. The van der Waals surface area contributed by atoms with E-state index in [9.17, 15) is 0 Å². The molecule has 2 saturated heterocycles. The Morgan fingerprint density at radius 3 is 1.43 bits per heavy atom. The largest absolute Gasteiger partial charge is 0.497 e. The van der Waals surface area contributed by atoms with Gasteiger partial charge in [0.05, 0.1) is 26.3 Å². The Kier molecular flexibility index (Phi) is 4.72. The monoisotopic (exact) mass is 382 g/mol. The van der Waals surface area contributed by atoms with E-state index < -0.39 is 0 Å². The molecule has 0 amide bonds. The number of hydrogen-bond acceptors (Lipinski definition) is 6. The lowest BCUT2D eigenvalue weighted by molar-refractivity contribution is 0.0256. The maximum atomic E-state index is 5.99. The molecule has 5 unspecified atom stereocenters. The number of methoxy groups -OCH3 is 2. The van der Waals surface area contributed by atoms with Crippen LogP contribution in [0.1, 0.15) is 49.3 Å². The van der Waals surface area contributed by atoms with Gasteiger partial charge in [-0.3, -0.25) is 9.68 Å². The molecule has 6 atom stereocenters. The summed E-state index contributed by atoms with van der Waals surface area (Å²) in [5.41, 5.74) is 2.34. The third kappa shape index (κ3) is 3.37. The minimum Gasteiger partial charge on any atom is -0.497 e. The predicted octanol–water partition coefficient (Wildman–Crippen LogP) is 4.21. The first-order chi connectivity index (χ1) is 13.8. The van der Waals surface area contributed by atoms with Crippen molar-refractivity contribution in [1.29, 1.82) is 0 Å². The van der Waals surface area contributed by atoms with Crippen molar-refractivity contribution in [2.75, 3.05) is 14.2 Å². The maximum Gasteiger partial charge on any atom is 0.180 e. The zero-order valence-electron chi connectivity index (χ0n) is 16.3. The van der Waals surface area contributed by atoms with E-state index in [0.717, 1.165) is 24.3 Å². The Morgan fingerprint density at radius 1 is 0.679 bits per heavy atom. The van der Waals surface area contributed by atoms with Crippen molar-refractivity contribution >= 4 is 0 Å². The van der Waals surface area contributed by atoms with E-state index in [-0.39, 0.29) is 12.5 Å². The van der Waals surface area contributed by atoms with Gasteiger partial charge in [0.1, 0.15) is 11.5 Å². The molecule has 0 radical (unpaired) electrons. The molecule has 2 aliphatic heterocycles. The van der Waals surface area contributed by atoms with Crippen LogP contribution >= 0.6 is 0 Å². The molecule has 3 fully saturated rings. The summed E-state index contributed by atoms with van der Waals surface area (Å²) in [6.45, 7) is 0. The molecule has 6 nitrogen and oxygen atoms in total. The van der Waals surface area contributed by atoms with Gasteiger partial charge in [-0.05, 0) is 48.2 Å². The molecule has 0 bridgehead atoms. The summed E-state index contributed by atoms with van der Waals surface area (Å²) in [5.74, 6) is 1.73. The van der Waals surface area contributed by atoms with Crippen LogP contribution < -0.4 is 9.47 Å². The van der Waals surface area contributed by atoms with Crippen molar-refractivity contribution in [3.8, 4) is 11.5 Å². The Morgan fingerprint density at radius 2 is 1.07 bits per heavy atom. The van der Waals surface area contributed by atoms with Gasteiger partial charge in [-0.15, -0.1) is 10.1 Å². The van der Waals surface area contributed by atoms with Crippen LogP contribution in [0.2, 0.25) is 0 Å². The van der Waals surface area contributed by atoms with E-state index in [4.69, 9.17) is 19.1 Å². The van der Waals surface area contributed by atoms with Crippen LogP contribution in [0.3, 0.4) is 0 Å². The highest BCUT2D eigenvalue weighted by atomic mass is 16.9. The lowest BCUT2D eigenvalue weighted by Gasteiger charge is -2.30. The molecule has 2 aromatic rings. The zero-order chi connectivity index (χ0) is 19.1. The van der Waals surface area contributed by atoms with E-state index in [1.807, 2.05) is 24.3 Å². The second kappa shape index (κ2) is 7.37. The quantitative estimate of drug-likeness (QED) is 0.698. The van der Waals surface area contributed by atoms with Gasteiger partial charge in [-0.25, -0.2) is 0 Å². The molecule has 148 valence electrons. The smallest absolute Gasteiger partial charge is 0.180 e. The summed E-state index contributed by atoms with van der Waals surface area (Å²) < 4.78 is 10.5. The molecule has 28 heavy (non-hydrogen) atoms. The van der Waals surface area contributed by atoms with Gasteiger partial charge < -0.3 is 9.47 Å². The van der Waals surface area contributed by atoms with Crippen molar-refractivity contribution < 1.29 is 19.1 Å². The van der Waals surface area contributed by atoms with Crippen LogP contribution in [-0.2, 0) is 9.68 Å². The van der Waals surface area contributed by atoms with Crippen molar-refractivity contribution in [3.63, 3.8) is 0 Å². The van der Waals surface area contributed by atoms with Crippen LogP contribution in [0.25, 0.3) is 0 Å². The lowest BCUT2D eigenvalue weighted by atomic mass is 9.90. The van der Waals surface area contributed by atoms with Gasteiger partial charge in [0, 0.05) is 0 Å². The van der Waals surface area contributed by atoms with Gasteiger partial charge in [-0.2, -0.15) is 0 Å². The molecule has 0 spiro atoms. The van der Waals surface area contributed by atoms with Crippen molar-refractivity contribution in [2.45, 2.75) is 50.2 Å². The number of benzene rings is 2. The second-order valence-corrected chi connectivity index (χ2v) is 7.60. The van der Waals surface area contributed by atoms with Gasteiger partial charge in [-0.1, -0.05) is 37.1 Å². The molecule has 0 N–H and O–H groups in total. The predicted molar refractivity (Wildman–Crippen MR) is 103 cm³/mol. The van der Waals surface area contributed by atoms with Crippen molar-refractivity contribution in [1.82, 2.24) is 10.1 Å². The average molecular weight is 382 g/mol. The van der Waals surface area contributed by atoms with Crippen molar-refractivity contribution in [2.24, 2.45) is 0 Å². The van der Waals surface area contributed by atoms with Crippen LogP contribution in [0.5, 0.6) is 11.5 Å². The van der Waals surface area contributed by atoms with Crippen LogP contribution in [0.15, 0.2) is 48.5 Å². The lowest BCUT2D eigenvalue weighted by Crippen LogP contribution is -2.41. The second-order valence-electron chi connectivity index (χ2n) is 7.60. The van der Waals surface area contributed by atoms with Gasteiger partial charge in [0.15, 0.2) is 12.5 Å². The molecule has 1 saturated carbocycles. The van der Waals surface area contributed by atoms with E-state index in [1.54, 1.807) is 14.2 Å². The summed E-state index contributed by atoms with van der Waals surface area (Å²) in [5, 5.41) is 4.30. The number of nitrogens with zero attached hydrogens (tertiary/aromatic N) is 2. The summed E-state index contributed by atoms with van der Waals surface area (Å²) in [7, 11) is 3.37. The standard InChI is InChI=1S/C22H26N2O4/c1-25-17-11-7-15(8-12-17)21-23(27-21)19-5-3-4-6-20(19)24-22(28-24)16-9-13-18(26-2)14-10-16/h7-14,19-22H,3-6H2,1-2H3/t19?,20?,21?,22?,23-,24?/m1/s1. The first-order valence-corrected chi connectivity index (χ1v) is 9.96. The van der Waals surface area contributed by atoms with Gasteiger partial charge >= 0.3 is 0 Å². The summed E-state index contributed by atoms with van der Waals surface area (Å²) in [4.78, 5) is 12.0.